The number of H-pyrrole nitrogens is 1. The third kappa shape index (κ3) is 4.65. The molecule has 0 fully saturated rings. The largest absolute Gasteiger partial charge is 0.573 e. The Bertz CT molecular complexity index is 969. The first-order chi connectivity index (χ1) is 12.3. The predicted molar refractivity (Wildman–Crippen MR) is 86.6 cm³/mol. The van der Waals surface area contributed by atoms with Gasteiger partial charge in [-0.05, 0) is 30.7 Å². The second-order valence-electron chi connectivity index (χ2n) is 5.48. The van der Waals surface area contributed by atoms with Crippen LogP contribution in [0.5, 0.6) is 5.75 Å². The number of benzene rings is 1. The number of alkyl halides is 3. The molecule has 3 aromatic rings. The van der Waals surface area contributed by atoms with E-state index in [9.17, 15) is 18.0 Å². The van der Waals surface area contributed by atoms with Gasteiger partial charge in [0, 0.05) is 18.2 Å². The number of nitrogens with zero attached hydrogens (tertiary/aromatic N) is 3. The van der Waals surface area contributed by atoms with E-state index in [0.29, 0.717) is 29.3 Å². The third-order valence-corrected chi connectivity index (χ3v) is 3.39. The fourth-order valence-corrected chi connectivity index (χ4v) is 2.36. The summed E-state index contributed by atoms with van der Waals surface area (Å²) in [6, 6.07) is 8.56. The summed E-state index contributed by atoms with van der Waals surface area (Å²) in [7, 11) is 0. The number of aromatic nitrogens is 4. The van der Waals surface area contributed by atoms with Crippen LogP contribution in [-0.4, -0.2) is 26.3 Å². The molecule has 26 heavy (non-hydrogen) atoms. The van der Waals surface area contributed by atoms with Gasteiger partial charge in [0.05, 0.1) is 11.4 Å². The smallest absolute Gasteiger partial charge is 0.406 e. The zero-order valence-electron chi connectivity index (χ0n) is 13.5. The van der Waals surface area contributed by atoms with E-state index >= 15 is 0 Å². The number of hydrogen-bond donors (Lipinski definition) is 1. The minimum absolute atomic E-state index is 0.284. The maximum atomic E-state index is 12.2. The predicted octanol–water partition coefficient (Wildman–Crippen LogP) is 3.02. The molecule has 1 aromatic carbocycles. The summed E-state index contributed by atoms with van der Waals surface area (Å²) in [6.45, 7) is 1.66. The highest BCUT2D eigenvalue weighted by molar-refractivity contribution is 5.53. The lowest BCUT2D eigenvalue weighted by Crippen LogP contribution is -2.17. The molecule has 0 saturated heterocycles. The van der Waals surface area contributed by atoms with E-state index in [4.69, 9.17) is 0 Å². The minimum Gasteiger partial charge on any atom is -0.406 e. The lowest BCUT2D eigenvalue weighted by Gasteiger charge is -2.09. The number of halogens is 3. The van der Waals surface area contributed by atoms with E-state index in [1.54, 1.807) is 13.0 Å². The average molecular weight is 362 g/mol. The molecule has 0 bridgehead atoms. The van der Waals surface area contributed by atoms with Gasteiger partial charge in [-0.2, -0.15) is 0 Å². The molecule has 0 spiro atoms. The molecule has 6 nitrogen and oxygen atoms in total. The van der Waals surface area contributed by atoms with Crippen molar-refractivity contribution in [3.05, 3.63) is 70.2 Å². The molecule has 0 aliphatic rings. The van der Waals surface area contributed by atoms with Crippen LogP contribution in [0.2, 0.25) is 0 Å². The SMILES string of the molecule is Cc1nc(-c2cc(Cc3ccc(OC(F)(F)F)cc3)ncn2)cc(=O)[nH]1. The van der Waals surface area contributed by atoms with E-state index in [2.05, 4.69) is 24.7 Å². The topological polar surface area (TPSA) is 80.8 Å². The maximum Gasteiger partial charge on any atom is 0.573 e. The van der Waals surface area contributed by atoms with E-state index in [1.807, 2.05) is 0 Å². The van der Waals surface area contributed by atoms with Gasteiger partial charge in [0.25, 0.3) is 5.56 Å². The first-order valence-corrected chi connectivity index (χ1v) is 7.52. The normalized spacial score (nSPS) is 11.4. The third-order valence-electron chi connectivity index (χ3n) is 3.39. The lowest BCUT2D eigenvalue weighted by molar-refractivity contribution is -0.274. The van der Waals surface area contributed by atoms with Gasteiger partial charge in [-0.15, -0.1) is 13.2 Å². The van der Waals surface area contributed by atoms with Crippen LogP contribution in [0.25, 0.3) is 11.4 Å². The van der Waals surface area contributed by atoms with Crippen molar-refractivity contribution < 1.29 is 17.9 Å². The summed E-state index contributed by atoms with van der Waals surface area (Å²) in [5.74, 6) is 0.181. The highest BCUT2D eigenvalue weighted by atomic mass is 19.4. The Morgan fingerprint density at radius 2 is 1.81 bits per heavy atom. The quantitative estimate of drug-likeness (QED) is 0.772. The van der Waals surface area contributed by atoms with Crippen molar-refractivity contribution in [2.24, 2.45) is 0 Å². The van der Waals surface area contributed by atoms with Gasteiger partial charge in [0.2, 0.25) is 0 Å². The van der Waals surface area contributed by atoms with Crippen LogP contribution in [0.15, 0.2) is 47.5 Å². The molecule has 9 heteroatoms. The van der Waals surface area contributed by atoms with E-state index in [1.165, 1.54) is 36.7 Å². The Hall–Kier alpha value is -3.23. The van der Waals surface area contributed by atoms with Crippen molar-refractivity contribution in [2.45, 2.75) is 19.7 Å². The van der Waals surface area contributed by atoms with Crippen LogP contribution >= 0.6 is 0 Å². The molecule has 134 valence electrons. The summed E-state index contributed by atoms with van der Waals surface area (Å²) in [4.78, 5) is 26.6. The lowest BCUT2D eigenvalue weighted by atomic mass is 10.1. The monoisotopic (exact) mass is 362 g/mol. The molecule has 0 saturated carbocycles. The van der Waals surface area contributed by atoms with Crippen molar-refractivity contribution >= 4 is 0 Å². The van der Waals surface area contributed by atoms with Crippen molar-refractivity contribution in [3.8, 4) is 17.1 Å². The summed E-state index contributed by atoms with van der Waals surface area (Å²) in [5, 5.41) is 0. The van der Waals surface area contributed by atoms with Crippen LogP contribution in [-0.2, 0) is 6.42 Å². The molecule has 0 atom stereocenters. The molecule has 3 rings (SSSR count). The highest BCUT2D eigenvalue weighted by Gasteiger charge is 2.30. The van der Waals surface area contributed by atoms with Crippen molar-refractivity contribution in [2.75, 3.05) is 0 Å². The Balaban J connectivity index is 1.79. The van der Waals surface area contributed by atoms with E-state index < -0.39 is 6.36 Å². The summed E-state index contributed by atoms with van der Waals surface area (Å²) >= 11 is 0. The van der Waals surface area contributed by atoms with Gasteiger partial charge in [-0.1, -0.05) is 12.1 Å². The van der Waals surface area contributed by atoms with Gasteiger partial charge in [-0.3, -0.25) is 4.79 Å². The zero-order chi connectivity index (χ0) is 18.7. The van der Waals surface area contributed by atoms with Crippen LogP contribution in [0.4, 0.5) is 13.2 Å². The van der Waals surface area contributed by atoms with Gasteiger partial charge in [0.15, 0.2) is 0 Å². The number of ether oxygens (including phenoxy) is 1. The van der Waals surface area contributed by atoms with Gasteiger partial charge in [0.1, 0.15) is 17.9 Å². The van der Waals surface area contributed by atoms with Gasteiger partial charge >= 0.3 is 6.36 Å². The van der Waals surface area contributed by atoms with Gasteiger partial charge < -0.3 is 9.72 Å². The first-order valence-electron chi connectivity index (χ1n) is 7.52. The second kappa shape index (κ2) is 6.95. The first kappa shape index (κ1) is 17.6. The molecule has 2 heterocycles. The Kier molecular flexibility index (Phi) is 4.70. The van der Waals surface area contributed by atoms with Crippen LogP contribution in [0, 0.1) is 6.92 Å². The summed E-state index contributed by atoms with van der Waals surface area (Å²) in [6.07, 6.45) is -2.99. The standard InChI is InChI=1S/C17H13F3N4O2/c1-10-23-15(8-16(25)24-10)14-7-12(21-9-22-14)6-11-2-4-13(5-3-11)26-17(18,19)20/h2-5,7-9H,6H2,1H3,(H,23,24,25). The zero-order valence-corrected chi connectivity index (χ0v) is 13.5. The molecule has 1 N–H and O–H groups in total. The minimum atomic E-state index is -4.72. The van der Waals surface area contributed by atoms with E-state index in [-0.39, 0.29) is 11.3 Å². The number of nitrogens with one attached hydrogen (secondary N) is 1. The number of aryl methyl sites for hydroxylation is 1. The average Bonchev–Trinajstić information content (AvgIpc) is 2.55. The van der Waals surface area contributed by atoms with Crippen molar-refractivity contribution in [1.29, 1.82) is 0 Å². The fourth-order valence-electron chi connectivity index (χ4n) is 2.36. The number of rotatable bonds is 4. The Labute approximate surface area is 145 Å². The number of hydrogen-bond acceptors (Lipinski definition) is 5. The summed E-state index contributed by atoms with van der Waals surface area (Å²) < 4.78 is 40.4. The molecule has 0 unspecified atom stereocenters. The molecular weight excluding hydrogens is 349 g/mol. The van der Waals surface area contributed by atoms with Gasteiger partial charge in [-0.25, -0.2) is 15.0 Å². The van der Waals surface area contributed by atoms with E-state index in [0.717, 1.165) is 5.56 Å². The van der Waals surface area contributed by atoms with Crippen LogP contribution in [0.3, 0.4) is 0 Å². The molecule has 2 aromatic heterocycles. The molecule has 0 aliphatic heterocycles. The van der Waals surface area contributed by atoms with Crippen LogP contribution < -0.4 is 10.3 Å². The Morgan fingerprint density at radius 3 is 2.46 bits per heavy atom. The van der Waals surface area contributed by atoms with Crippen molar-refractivity contribution in [3.63, 3.8) is 0 Å². The van der Waals surface area contributed by atoms with Crippen molar-refractivity contribution in [1.82, 2.24) is 19.9 Å². The highest BCUT2D eigenvalue weighted by Crippen LogP contribution is 2.23. The molecule has 0 amide bonds. The number of aromatic amines is 1. The second-order valence-corrected chi connectivity index (χ2v) is 5.48. The summed E-state index contributed by atoms with van der Waals surface area (Å²) in [5.41, 5.74) is 2.01. The maximum absolute atomic E-state index is 12.2. The Morgan fingerprint density at radius 1 is 1.08 bits per heavy atom. The molecule has 0 aliphatic carbocycles. The van der Waals surface area contributed by atoms with Crippen LogP contribution in [0.1, 0.15) is 17.1 Å². The fraction of sp³-hybridized carbons (Fsp3) is 0.176. The molecule has 0 radical (unpaired) electrons. The molecular formula is C17H13F3N4O2.